The average molecular weight is 309 g/mol. The Morgan fingerprint density at radius 1 is 1.39 bits per heavy atom. The molecular weight excluding hydrogens is 290 g/mol. The van der Waals surface area contributed by atoms with Crippen molar-refractivity contribution in [1.29, 1.82) is 0 Å². The maximum absolute atomic E-state index is 12.7. The van der Waals surface area contributed by atoms with E-state index < -0.39 is 0 Å². The van der Waals surface area contributed by atoms with Gasteiger partial charge in [0.15, 0.2) is 23.4 Å². The van der Waals surface area contributed by atoms with E-state index in [1.165, 1.54) is 16.7 Å². The molecule has 0 aromatic heterocycles. The van der Waals surface area contributed by atoms with Gasteiger partial charge in [-0.2, -0.15) is 0 Å². The molecule has 5 aliphatic rings. The van der Waals surface area contributed by atoms with Crippen LogP contribution in [0, 0.1) is 5.41 Å². The number of rotatable bonds is 1. The Hall–Kier alpha value is -1.81. The molecule has 2 spiro atoms. The van der Waals surface area contributed by atoms with E-state index in [1.807, 2.05) is 6.07 Å². The first-order chi connectivity index (χ1) is 11.1. The SMILES string of the molecule is COc1ccc2c3c1O[C@H]1C(=O)CC=C4C5N(C)CC5(C2)C[C@]431. The van der Waals surface area contributed by atoms with Crippen molar-refractivity contribution in [2.45, 2.75) is 36.8 Å². The first-order valence-electron chi connectivity index (χ1n) is 8.41. The predicted octanol–water partition coefficient (Wildman–Crippen LogP) is 1.85. The van der Waals surface area contributed by atoms with Crippen LogP contribution in [0.3, 0.4) is 0 Å². The topological polar surface area (TPSA) is 38.8 Å². The summed E-state index contributed by atoms with van der Waals surface area (Å²) in [7, 11) is 3.89. The van der Waals surface area contributed by atoms with Crippen LogP contribution in [0.2, 0.25) is 0 Å². The molecule has 2 fully saturated rings. The van der Waals surface area contributed by atoms with Crippen LogP contribution in [0.5, 0.6) is 11.5 Å². The van der Waals surface area contributed by atoms with Crippen molar-refractivity contribution >= 4 is 5.78 Å². The summed E-state index contributed by atoms with van der Waals surface area (Å²) < 4.78 is 11.8. The number of hydrogen-bond acceptors (Lipinski definition) is 4. The van der Waals surface area contributed by atoms with Gasteiger partial charge in [0.25, 0.3) is 0 Å². The summed E-state index contributed by atoms with van der Waals surface area (Å²) in [5.41, 5.74) is 4.15. The molecule has 0 amide bonds. The second-order valence-corrected chi connectivity index (χ2v) is 7.96. The fourth-order valence-corrected chi connectivity index (χ4v) is 6.54. The zero-order valence-corrected chi connectivity index (χ0v) is 13.4. The Bertz CT molecular complexity index is 828. The van der Waals surface area contributed by atoms with Crippen molar-refractivity contribution in [3.8, 4) is 11.5 Å². The molecule has 4 nitrogen and oxygen atoms in total. The highest BCUT2D eigenvalue weighted by Gasteiger charge is 2.74. The predicted molar refractivity (Wildman–Crippen MR) is 84.0 cm³/mol. The molecule has 2 unspecified atom stereocenters. The Kier molecular flexibility index (Phi) is 1.91. The molecule has 2 heterocycles. The van der Waals surface area contributed by atoms with Gasteiger partial charge < -0.3 is 9.47 Å². The standard InChI is InChI=1S/C19H19NO3/c1-20-9-18-7-10-3-6-13(22-2)15-14(10)19(8-18)11(16(18)20)4-5-12(21)17(19)23-15/h3-4,6,16-17H,5,7-9H2,1-2H3/t16?,17-,18?,19-/m0/s1. The fourth-order valence-electron chi connectivity index (χ4n) is 6.54. The third-order valence-corrected chi connectivity index (χ3v) is 6.94. The molecule has 3 aliphatic carbocycles. The molecule has 1 aromatic carbocycles. The van der Waals surface area contributed by atoms with Gasteiger partial charge in [-0.3, -0.25) is 9.69 Å². The minimum absolute atomic E-state index is 0.220. The lowest BCUT2D eigenvalue weighted by molar-refractivity contribution is -0.127. The van der Waals surface area contributed by atoms with Crippen LogP contribution < -0.4 is 9.47 Å². The first kappa shape index (κ1) is 12.6. The minimum atomic E-state index is -0.344. The number of benzene rings is 1. The van der Waals surface area contributed by atoms with Gasteiger partial charge >= 0.3 is 0 Å². The van der Waals surface area contributed by atoms with Crippen molar-refractivity contribution in [1.82, 2.24) is 4.90 Å². The Labute approximate surface area is 135 Å². The van der Waals surface area contributed by atoms with E-state index in [0.29, 0.717) is 17.9 Å². The second kappa shape index (κ2) is 3.48. The number of Topliss-reactive ketones (excluding diaryl/α,β-unsaturated/α-hetero) is 1. The third kappa shape index (κ3) is 1.09. The van der Waals surface area contributed by atoms with Crippen LogP contribution in [0.15, 0.2) is 23.8 Å². The zero-order chi connectivity index (χ0) is 15.6. The molecule has 0 radical (unpaired) electrons. The highest BCUT2D eigenvalue weighted by Crippen LogP contribution is 2.72. The molecule has 23 heavy (non-hydrogen) atoms. The molecule has 1 saturated carbocycles. The van der Waals surface area contributed by atoms with Crippen molar-refractivity contribution in [2.24, 2.45) is 5.41 Å². The second-order valence-electron chi connectivity index (χ2n) is 7.96. The molecule has 2 bridgehead atoms. The molecule has 6 rings (SSSR count). The van der Waals surface area contributed by atoms with Crippen molar-refractivity contribution in [3.63, 3.8) is 0 Å². The number of carbonyl (C=O) groups is 1. The molecule has 118 valence electrons. The lowest BCUT2D eigenvalue weighted by atomic mass is 9.60. The molecule has 2 aliphatic heterocycles. The van der Waals surface area contributed by atoms with Crippen LogP contribution in [-0.4, -0.2) is 43.5 Å². The number of methoxy groups -OCH3 is 1. The number of carbonyl (C=O) groups excluding carboxylic acids is 1. The smallest absolute Gasteiger partial charge is 0.178 e. The van der Waals surface area contributed by atoms with Gasteiger partial charge in [0.1, 0.15) is 0 Å². The zero-order valence-electron chi connectivity index (χ0n) is 13.4. The lowest BCUT2D eigenvalue weighted by Crippen LogP contribution is -2.61. The average Bonchev–Trinajstić information content (AvgIpc) is 2.96. The van der Waals surface area contributed by atoms with Crippen LogP contribution in [0.1, 0.15) is 24.0 Å². The van der Waals surface area contributed by atoms with Crippen LogP contribution >= 0.6 is 0 Å². The Morgan fingerprint density at radius 3 is 3.04 bits per heavy atom. The van der Waals surface area contributed by atoms with Gasteiger partial charge in [-0.15, -0.1) is 0 Å². The summed E-state index contributed by atoms with van der Waals surface area (Å²) in [6, 6.07) is 4.68. The number of fused-ring (bicyclic) bond motifs is 1. The number of nitrogens with zero attached hydrogens (tertiary/aromatic N) is 1. The summed E-state index contributed by atoms with van der Waals surface area (Å²) in [6.45, 7) is 1.12. The van der Waals surface area contributed by atoms with Gasteiger partial charge in [-0.1, -0.05) is 12.1 Å². The molecule has 4 heteroatoms. The Balaban J connectivity index is 1.72. The summed E-state index contributed by atoms with van der Waals surface area (Å²) in [4.78, 5) is 15.1. The normalized spacial score (nSPS) is 41.7. The molecule has 1 saturated heterocycles. The highest BCUT2D eigenvalue weighted by molar-refractivity contribution is 5.92. The third-order valence-electron chi connectivity index (χ3n) is 6.94. The maximum atomic E-state index is 12.7. The minimum Gasteiger partial charge on any atom is -0.493 e. The number of hydrogen-bond donors (Lipinski definition) is 0. The molecule has 4 atom stereocenters. The number of likely N-dealkylation sites (tertiary alicyclic amines) is 1. The van der Waals surface area contributed by atoms with E-state index in [0.717, 1.165) is 30.9 Å². The van der Waals surface area contributed by atoms with E-state index in [2.05, 4.69) is 24.1 Å². The molecule has 0 N–H and O–H groups in total. The number of ether oxygens (including phenoxy) is 2. The summed E-state index contributed by atoms with van der Waals surface area (Å²) in [6.07, 6.45) is 4.54. The van der Waals surface area contributed by atoms with Crippen molar-refractivity contribution in [2.75, 3.05) is 20.7 Å². The number of likely N-dealkylation sites (N-methyl/N-ethyl adjacent to an activating group) is 1. The van der Waals surface area contributed by atoms with Gasteiger partial charge in [0.05, 0.1) is 12.5 Å². The van der Waals surface area contributed by atoms with Crippen molar-refractivity contribution in [3.05, 3.63) is 34.9 Å². The monoisotopic (exact) mass is 309 g/mol. The van der Waals surface area contributed by atoms with Crippen LogP contribution in [0.4, 0.5) is 0 Å². The van der Waals surface area contributed by atoms with Crippen LogP contribution in [-0.2, 0) is 16.6 Å². The number of allylic oxidation sites excluding steroid dienone is 1. The van der Waals surface area contributed by atoms with Gasteiger partial charge in [0, 0.05) is 30.0 Å². The van der Waals surface area contributed by atoms with Crippen LogP contribution in [0.25, 0.3) is 0 Å². The van der Waals surface area contributed by atoms with Gasteiger partial charge in [-0.25, -0.2) is 0 Å². The van der Waals surface area contributed by atoms with E-state index in [1.54, 1.807) is 7.11 Å². The Morgan fingerprint density at radius 2 is 2.26 bits per heavy atom. The van der Waals surface area contributed by atoms with Crippen molar-refractivity contribution < 1.29 is 14.3 Å². The quantitative estimate of drug-likeness (QED) is 0.742. The lowest BCUT2D eigenvalue weighted by Gasteiger charge is -2.53. The van der Waals surface area contributed by atoms with Gasteiger partial charge in [0.2, 0.25) is 0 Å². The summed E-state index contributed by atoms with van der Waals surface area (Å²) in [5.74, 6) is 1.82. The van der Waals surface area contributed by atoms with E-state index in [-0.39, 0.29) is 17.3 Å². The molecule has 1 aromatic rings. The van der Waals surface area contributed by atoms with E-state index in [4.69, 9.17) is 9.47 Å². The highest BCUT2D eigenvalue weighted by atomic mass is 16.5. The maximum Gasteiger partial charge on any atom is 0.178 e. The van der Waals surface area contributed by atoms with E-state index >= 15 is 0 Å². The largest absolute Gasteiger partial charge is 0.493 e. The fraction of sp³-hybridized carbons (Fsp3) is 0.526. The first-order valence-corrected chi connectivity index (χ1v) is 8.41. The summed E-state index contributed by atoms with van der Waals surface area (Å²) in [5, 5.41) is 0. The van der Waals surface area contributed by atoms with Gasteiger partial charge in [-0.05, 0) is 37.1 Å². The molecular formula is C19H19NO3. The number of ketones is 1. The van der Waals surface area contributed by atoms with E-state index in [9.17, 15) is 4.79 Å². The summed E-state index contributed by atoms with van der Waals surface area (Å²) >= 11 is 0.